The maximum atomic E-state index is 13.0. The zero-order valence-electron chi connectivity index (χ0n) is 17.9. The van der Waals surface area contributed by atoms with Crippen LogP contribution >= 0.6 is 11.8 Å². The minimum atomic E-state index is 0.110. The molecule has 2 aromatic heterocycles. The Balaban J connectivity index is 1.20. The van der Waals surface area contributed by atoms with Gasteiger partial charge in [0.15, 0.2) is 5.16 Å². The Morgan fingerprint density at radius 3 is 2.72 bits per heavy atom. The highest BCUT2D eigenvalue weighted by Crippen LogP contribution is 2.35. The first kappa shape index (κ1) is 20.6. The molecule has 0 atom stereocenters. The number of carbonyl (C=O) groups excluding carboxylic acids is 1. The van der Waals surface area contributed by atoms with Crippen molar-refractivity contribution in [2.75, 3.05) is 20.2 Å². The van der Waals surface area contributed by atoms with E-state index in [9.17, 15) is 4.79 Å². The highest BCUT2D eigenvalue weighted by Gasteiger charge is 2.26. The van der Waals surface area contributed by atoms with Crippen molar-refractivity contribution in [3.8, 4) is 5.75 Å². The molecule has 32 heavy (non-hydrogen) atoms. The molecule has 0 aliphatic carbocycles. The van der Waals surface area contributed by atoms with Crippen molar-refractivity contribution in [1.29, 1.82) is 0 Å². The maximum Gasteiger partial charge on any atom is 0.253 e. The predicted molar refractivity (Wildman–Crippen MR) is 125 cm³/mol. The number of piperidine rings is 1. The number of nitrogens with one attached hydrogen (secondary N) is 2. The summed E-state index contributed by atoms with van der Waals surface area (Å²) in [7, 11) is 1.69. The Bertz CT molecular complexity index is 1200. The number of likely N-dealkylation sites (tertiary alicyclic amines) is 1. The van der Waals surface area contributed by atoms with Gasteiger partial charge in [-0.05, 0) is 60.2 Å². The number of amides is 1. The van der Waals surface area contributed by atoms with Gasteiger partial charge in [0.1, 0.15) is 12.1 Å². The van der Waals surface area contributed by atoms with Gasteiger partial charge >= 0.3 is 0 Å². The highest BCUT2D eigenvalue weighted by molar-refractivity contribution is 7.98. The molecule has 8 heteroatoms. The third kappa shape index (κ3) is 4.23. The largest absolute Gasteiger partial charge is 0.497 e. The molecule has 4 aromatic rings. The van der Waals surface area contributed by atoms with Gasteiger partial charge in [-0.25, -0.2) is 4.98 Å². The number of H-pyrrole nitrogens is 2. The van der Waals surface area contributed by atoms with Crippen LogP contribution in [0.4, 0.5) is 0 Å². The fraction of sp³-hybridized carbons (Fsp3) is 0.292. The molecule has 2 aromatic carbocycles. The molecule has 3 heterocycles. The standard InChI is InChI=1S/C24H25N5O2S/c1-31-19-6-7-22-20(12-19)21(13-25-22)17-8-10-29(11-9-17)23(30)18-4-2-16(3-5-18)14-32-24-26-15-27-28-24/h2-7,12-13,15,17,25H,8-11,14H2,1H3,(H,26,27,28). The normalized spacial score (nSPS) is 14.7. The van der Waals surface area contributed by atoms with E-state index in [0.717, 1.165) is 59.2 Å². The Labute approximate surface area is 190 Å². The van der Waals surface area contributed by atoms with Crippen molar-refractivity contribution in [2.24, 2.45) is 0 Å². The summed E-state index contributed by atoms with van der Waals surface area (Å²) in [6, 6.07) is 14.0. The average Bonchev–Trinajstić information content (AvgIpc) is 3.52. The summed E-state index contributed by atoms with van der Waals surface area (Å²) in [6.45, 7) is 1.53. The van der Waals surface area contributed by atoms with Gasteiger partial charge in [-0.15, -0.1) is 0 Å². The number of ether oxygens (including phenoxy) is 1. The van der Waals surface area contributed by atoms with Crippen LogP contribution in [0.3, 0.4) is 0 Å². The summed E-state index contributed by atoms with van der Waals surface area (Å²) >= 11 is 1.59. The van der Waals surface area contributed by atoms with Gasteiger partial charge in [0.25, 0.3) is 5.91 Å². The van der Waals surface area contributed by atoms with E-state index in [-0.39, 0.29) is 5.91 Å². The van der Waals surface area contributed by atoms with Crippen LogP contribution in [0, 0.1) is 0 Å². The lowest BCUT2D eigenvalue weighted by atomic mass is 9.89. The van der Waals surface area contributed by atoms with Gasteiger partial charge in [0.2, 0.25) is 0 Å². The number of rotatable bonds is 6. The maximum absolute atomic E-state index is 13.0. The van der Waals surface area contributed by atoms with Crippen molar-refractivity contribution >= 4 is 28.6 Å². The highest BCUT2D eigenvalue weighted by atomic mass is 32.2. The number of hydrogen-bond donors (Lipinski definition) is 2. The molecule has 0 saturated carbocycles. The monoisotopic (exact) mass is 447 g/mol. The van der Waals surface area contributed by atoms with E-state index in [1.165, 1.54) is 17.3 Å². The summed E-state index contributed by atoms with van der Waals surface area (Å²) in [5.41, 5.74) is 4.34. The summed E-state index contributed by atoms with van der Waals surface area (Å²) in [4.78, 5) is 22.5. The number of methoxy groups -OCH3 is 1. The third-order valence-corrected chi connectivity index (χ3v) is 7.06. The number of fused-ring (bicyclic) bond motifs is 1. The van der Waals surface area contributed by atoms with E-state index in [2.05, 4.69) is 38.5 Å². The summed E-state index contributed by atoms with van der Waals surface area (Å²) in [5.74, 6) is 2.20. The molecule has 5 rings (SSSR count). The van der Waals surface area contributed by atoms with Crippen molar-refractivity contribution in [3.63, 3.8) is 0 Å². The second-order valence-electron chi connectivity index (χ2n) is 8.00. The number of aromatic nitrogens is 4. The minimum Gasteiger partial charge on any atom is -0.497 e. The fourth-order valence-electron chi connectivity index (χ4n) is 4.32. The average molecular weight is 448 g/mol. The quantitative estimate of drug-likeness (QED) is 0.422. The molecule has 0 unspecified atom stereocenters. The molecular formula is C24H25N5O2S. The zero-order valence-corrected chi connectivity index (χ0v) is 18.7. The van der Waals surface area contributed by atoms with E-state index in [4.69, 9.17) is 4.74 Å². The van der Waals surface area contributed by atoms with Crippen LogP contribution in [-0.2, 0) is 5.75 Å². The fourth-order valence-corrected chi connectivity index (χ4v) is 5.06. The summed E-state index contributed by atoms with van der Waals surface area (Å²) in [6.07, 6.45) is 5.54. The van der Waals surface area contributed by atoms with Gasteiger partial charge in [-0.3, -0.25) is 9.89 Å². The number of aromatic amines is 2. The molecule has 1 aliphatic rings. The lowest BCUT2D eigenvalue weighted by molar-refractivity contribution is 0.0713. The van der Waals surface area contributed by atoms with Gasteiger partial charge < -0.3 is 14.6 Å². The van der Waals surface area contributed by atoms with Crippen molar-refractivity contribution in [3.05, 3.63) is 71.7 Å². The SMILES string of the molecule is COc1ccc2[nH]cc(C3CCN(C(=O)c4ccc(CSc5ncn[nH]5)cc4)CC3)c2c1. The van der Waals surface area contributed by atoms with Crippen LogP contribution < -0.4 is 4.74 Å². The van der Waals surface area contributed by atoms with E-state index >= 15 is 0 Å². The molecule has 0 radical (unpaired) electrons. The van der Waals surface area contributed by atoms with Crippen LogP contribution in [0.2, 0.25) is 0 Å². The molecule has 1 fully saturated rings. The van der Waals surface area contributed by atoms with Crippen LogP contribution in [0.25, 0.3) is 10.9 Å². The molecule has 0 bridgehead atoms. The van der Waals surface area contributed by atoms with Gasteiger partial charge in [0.05, 0.1) is 7.11 Å². The van der Waals surface area contributed by atoms with Crippen LogP contribution in [-0.4, -0.2) is 51.2 Å². The molecule has 7 nitrogen and oxygen atoms in total. The Kier molecular flexibility index (Phi) is 5.85. The van der Waals surface area contributed by atoms with Crippen molar-refractivity contribution in [1.82, 2.24) is 25.1 Å². The molecule has 0 spiro atoms. The molecular weight excluding hydrogens is 422 g/mol. The Hall–Kier alpha value is -3.26. The first-order valence-corrected chi connectivity index (χ1v) is 11.7. The zero-order chi connectivity index (χ0) is 21.9. The topological polar surface area (TPSA) is 86.9 Å². The number of nitrogens with zero attached hydrogens (tertiary/aromatic N) is 3. The van der Waals surface area contributed by atoms with E-state index in [1.54, 1.807) is 18.9 Å². The predicted octanol–water partition coefficient (Wildman–Crippen LogP) is 4.61. The Morgan fingerprint density at radius 1 is 1.19 bits per heavy atom. The lowest BCUT2D eigenvalue weighted by Gasteiger charge is -2.32. The molecule has 1 amide bonds. The van der Waals surface area contributed by atoms with E-state index < -0.39 is 0 Å². The van der Waals surface area contributed by atoms with Crippen LogP contribution in [0.1, 0.15) is 40.2 Å². The van der Waals surface area contributed by atoms with Gasteiger partial charge in [-0.2, -0.15) is 5.10 Å². The number of thioether (sulfide) groups is 1. The third-order valence-electron chi connectivity index (χ3n) is 6.11. The van der Waals surface area contributed by atoms with E-state index in [0.29, 0.717) is 5.92 Å². The van der Waals surface area contributed by atoms with Crippen LogP contribution in [0.15, 0.2) is 60.1 Å². The first-order chi connectivity index (χ1) is 15.7. The molecule has 1 aliphatic heterocycles. The molecule has 1 saturated heterocycles. The van der Waals surface area contributed by atoms with Crippen LogP contribution in [0.5, 0.6) is 5.75 Å². The molecule has 2 N–H and O–H groups in total. The van der Waals surface area contributed by atoms with Crippen molar-refractivity contribution < 1.29 is 9.53 Å². The Morgan fingerprint density at radius 2 is 2.00 bits per heavy atom. The summed E-state index contributed by atoms with van der Waals surface area (Å²) in [5, 5.41) is 8.70. The second kappa shape index (κ2) is 9.08. The number of benzene rings is 2. The first-order valence-electron chi connectivity index (χ1n) is 10.7. The minimum absolute atomic E-state index is 0.110. The van der Waals surface area contributed by atoms with Gasteiger partial charge in [0, 0.05) is 41.5 Å². The molecule has 164 valence electrons. The second-order valence-corrected chi connectivity index (χ2v) is 8.96. The number of carbonyl (C=O) groups is 1. The van der Waals surface area contributed by atoms with Gasteiger partial charge in [-0.1, -0.05) is 23.9 Å². The lowest BCUT2D eigenvalue weighted by Crippen LogP contribution is -2.37. The van der Waals surface area contributed by atoms with Crippen molar-refractivity contribution in [2.45, 2.75) is 29.7 Å². The number of hydrogen-bond acceptors (Lipinski definition) is 5. The summed E-state index contributed by atoms with van der Waals surface area (Å²) < 4.78 is 5.40. The van der Waals surface area contributed by atoms with E-state index in [1.807, 2.05) is 35.2 Å². The smallest absolute Gasteiger partial charge is 0.253 e.